The number of nitrogens with one attached hydrogen (secondary N) is 2. The van der Waals surface area contributed by atoms with E-state index in [0.717, 1.165) is 65.0 Å². The Morgan fingerprint density at radius 1 is 1.12 bits per heavy atom. The van der Waals surface area contributed by atoms with Crippen LogP contribution in [0.5, 0.6) is 5.75 Å². The molecule has 1 saturated carbocycles. The topological polar surface area (TPSA) is 138 Å². The number of nitrogens with zero attached hydrogens (tertiary/aromatic N) is 2. The number of amides is 2. The summed E-state index contributed by atoms with van der Waals surface area (Å²) in [5, 5.41) is 12.9. The molecule has 2 aliphatic carbocycles. The summed E-state index contributed by atoms with van der Waals surface area (Å²) in [4.78, 5) is 31.3. The molecule has 2 aromatic carbocycles. The molecular weight excluding hydrogens is 668 g/mol. The number of fused-ring (bicyclic) bond motifs is 7. The van der Waals surface area contributed by atoms with Gasteiger partial charge in [-0.15, -0.1) is 0 Å². The molecule has 2 fully saturated rings. The van der Waals surface area contributed by atoms with E-state index in [1.165, 1.54) is 16.0 Å². The number of aliphatic hydroxyl groups is 1. The lowest BCUT2D eigenvalue weighted by Gasteiger charge is -2.48. The highest BCUT2D eigenvalue weighted by molar-refractivity contribution is 7.88. The van der Waals surface area contributed by atoms with E-state index in [1.54, 1.807) is 25.2 Å². The first kappa shape index (κ1) is 34.5. The van der Waals surface area contributed by atoms with Crippen molar-refractivity contribution in [3.8, 4) is 5.75 Å². The van der Waals surface area contributed by atoms with Gasteiger partial charge in [-0.25, -0.2) is 9.44 Å². The fourth-order valence-corrected chi connectivity index (χ4v) is 9.56. The highest BCUT2D eigenvalue weighted by atomic mass is 35.5. The third kappa shape index (κ3) is 6.67. The van der Waals surface area contributed by atoms with Gasteiger partial charge in [0.1, 0.15) is 5.75 Å². The second-order valence-electron chi connectivity index (χ2n) is 14.9. The maximum atomic E-state index is 13.7. The maximum absolute atomic E-state index is 13.7. The molecule has 11 nitrogen and oxygen atoms in total. The monoisotopic (exact) mass is 714 g/mol. The van der Waals surface area contributed by atoms with E-state index in [0.29, 0.717) is 60.5 Å². The first-order valence-electron chi connectivity index (χ1n) is 17.5. The Morgan fingerprint density at radius 3 is 2.73 bits per heavy atom. The van der Waals surface area contributed by atoms with E-state index in [4.69, 9.17) is 21.1 Å². The van der Waals surface area contributed by atoms with E-state index in [1.807, 2.05) is 10.8 Å². The van der Waals surface area contributed by atoms with Crippen LogP contribution in [0.4, 0.5) is 5.69 Å². The second kappa shape index (κ2) is 13.3. The molecule has 49 heavy (non-hydrogen) atoms. The normalized spacial score (nSPS) is 31.9. The first-order valence-corrected chi connectivity index (χ1v) is 19.4. The number of carbonyl (C=O) groups excluding carboxylic acids is 2. The lowest BCUT2D eigenvalue weighted by molar-refractivity contribution is -0.148. The summed E-state index contributed by atoms with van der Waals surface area (Å²) >= 11 is 6.45. The van der Waals surface area contributed by atoms with Crippen LogP contribution in [0, 0.1) is 17.8 Å². The van der Waals surface area contributed by atoms with Crippen LogP contribution in [0.25, 0.3) is 0 Å². The van der Waals surface area contributed by atoms with Crippen molar-refractivity contribution in [2.75, 3.05) is 51.8 Å². The van der Waals surface area contributed by atoms with Gasteiger partial charge in [-0.2, -0.15) is 8.42 Å². The summed E-state index contributed by atoms with van der Waals surface area (Å²) in [5.41, 5.74) is 0.485. The van der Waals surface area contributed by atoms with Crippen molar-refractivity contribution in [2.24, 2.45) is 17.8 Å². The lowest BCUT2D eigenvalue weighted by atomic mass is 9.67. The van der Waals surface area contributed by atoms with Gasteiger partial charge in [0.15, 0.2) is 5.60 Å². The summed E-state index contributed by atoms with van der Waals surface area (Å²) in [6, 6.07) is 11.2. The predicted molar refractivity (Wildman–Crippen MR) is 186 cm³/mol. The molecular formula is C36H47ClN4O7S. The van der Waals surface area contributed by atoms with Crippen molar-refractivity contribution < 1.29 is 32.6 Å². The Kier molecular flexibility index (Phi) is 9.40. The SMILES string of the molecule is CNS(=O)(=O)NC(=O)[C@@]1(O)CC(=O)N(C)CC[C@H]2CCO[C@@H](C2)[C@@H]2CC[C@H]2CN2C[C@@]3(CCCc4cc(Cl)ccc43)COc3ccc1cc32. The van der Waals surface area contributed by atoms with Crippen LogP contribution >= 0.6 is 11.6 Å². The van der Waals surface area contributed by atoms with Crippen LogP contribution in [-0.4, -0.2) is 83.3 Å². The summed E-state index contributed by atoms with van der Waals surface area (Å²) < 4.78 is 42.0. The highest BCUT2D eigenvalue weighted by Gasteiger charge is 2.47. The van der Waals surface area contributed by atoms with Crippen molar-refractivity contribution in [2.45, 2.75) is 74.9 Å². The zero-order valence-electron chi connectivity index (χ0n) is 28.3. The van der Waals surface area contributed by atoms with E-state index in [9.17, 15) is 23.1 Å². The third-order valence-electron chi connectivity index (χ3n) is 11.9. The average molecular weight is 715 g/mol. The molecule has 1 spiro atoms. The van der Waals surface area contributed by atoms with E-state index in [-0.39, 0.29) is 17.1 Å². The quantitative estimate of drug-likeness (QED) is 0.439. The van der Waals surface area contributed by atoms with Gasteiger partial charge >= 0.3 is 10.2 Å². The Hall–Kier alpha value is -2.90. The number of carbonyl (C=O) groups is 2. The Bertz CT molecular complexity index is 1720. The Morgan fingerprint density at radius 2 is 1.96 bits per heavy atom. The van der Waals surface area contributed by atoms with E-state index >= 15 is 0 Å². The molecule has 0 radical (unpaired) electrons. The van der Waals surface area contributed by atoms with Gasteiger partial charge in [-0.1, -0.05) is 23.7 Å². The second-order valence-corrected chi connectivity index (χ2v) is 16.9. The number of hydrogen-bond donors (Lipinski definition) is 3. The summed E-state index contributed by atoms with van der Waals surface area (Å²) in [7, 11) is -1.45. The van der Waals surface area contributed by atoms with Gasteiger partial charge in [0.2, 0.25) is 5.91 Å². The Labute approximate surface area is 293 Å². The van der Waals surface area contributed by atoms with Crippen molar-refractivity contribution in [1.82, 2.24) is 14.3 Å². The fourth-order valence-electron chi connectivity index (χ4n) is 8.85. The predicted octanol–water partition coefficient (Wildman–Crippen LogP) is 3.65. The average Bonchev–Trinajstić information content (AvgIpc) is 3.21. The van der Waals surface area contributed by atoms with Crippen molar-refractivity contribution >= 4 is 39.3 Å². The molecule has 3 heterocycles. The number of hydrogen-bond acceptors (Lipinski definition) is 8. The zero-order chi connectivity index (χ0) is 34.6. The minimum atomic E-state index is -4.27. The van der Waals surface area contributed by atoms with Crippen molar-refractivity contribution in [3.63, 3.8) is 0 Å². The minimum absolute atomic E-state index is 0.120. The minimum Gasteiger partial charge on any atom is -0.490 e. The fraction of sp³-hybridized carbons (Fsp3) is 0.611. The van der Waals surface area contributed by atoms with Crippen LogP contribution in [-0.2, 0) is 42.0 Å². The van der Waals surface area contributed by atoms with Crippen LogP contribution in [0.2, 0.25) is 5.02 Å². The van der Waals surface area contributed by atoms with Gasteiger partial charge in [-0.05, 0) is 110 Å². The smallest absolute Gasteiger partial charge is 0.301 e. The van der Waals surface area contributed by atoms with E-state index in [2.05, 4.69) is 21.8 Å². The summed E-state index contributed by atoms with van der Waals surface area (Å²) in [6.45, 7) is 2.98. The molecule has 2 amide bonds. The number of ether oxygens (including phenoxy) is 2. The van der Waals surface area contributed by atoms with Gasteiger partial charge in [0.05, 0.1) is 24.8 Å². The number of anilines is 1. The van der Waals surface area contributed by atoms with Gasteiger partial charge in [0, 0.05) is 50.8 Å². The Balaban J connectivity index is 1.34. The molecule has 266 valence electrons. The molecule has 0 aromatic heterocycles. The molecule has 3 aliphatic heterocycles. The van der Waals surface area contributed by atoms with Crippen molar-refractivity contribution in [1.29, 1.82) is 0 Å². The molecule has 7 rings (SSSR count). The zero-order valence-corrected chi connectivity index (χ0v) is 29.8. The molecule has 2 aromatic rings. The van der Waals surface area contributed by atoms with Gasteiger partial charge in [-0.3, -0.25) is 9.59 Å². The standard InChI is InChI=1S/C36H47ClN4O7S/c1-38-49(45,46)39-34(43)36(44)19-33(42)40(2)14-11-23-12-15-47-32(16-23)28-8-5-25(28)20-41-21-35(22-48-31-10-6-26(36)18-30(31)41)13-3-4-24-17-27(37)7-9-29(24)35/h6-7,9-10,17-18,23,25,28,32,38,44H,3-5,8,11-16,19-22H2,1-2H3,(H,39,43)/t23-,25-,28+,32-,35-,36+/m0/s1. The van der Waals surface area contributed by atoms with Crippen LogP contribution < -0.4 is 19.1 Å². The lowest BCUT2D eigenvalue weighted by Crippen LogP contribution is -2.52. The van der Waals surface area contributed by atoms with Gasteiger partial charge in [0.25, 0.3) is 5.91 Å². The van der Waals surface area contributed by atoms with Crippen LogP contribution in [0.3, 0.4) is 0 Å². The van der Waals surface area contributed by atoms with Crippen LogP contribution in [0.15, 0.2) is 36.4 Å². The first-order chi connectivity index (χ1) is 23.4. The summed E-state index contributed by atoms with van der Waals surface area (Å²) in [6.07, 6.45) is 7.23. The number of halogens is 1. The third-order valence-corrected chi connectivity index (χ3v) is 13.2. The molecule has 5 aliphatic rings. The van der Waals surface area contributed by atoms with Gasteiger partial charge < -0.3 is 24.4 Å². The molecule has 1 saturated heterocycles. The van der Waals surface area contributed by atoms with Crippen molar-refractivity contribution in [3.05, 3.63) is 58.1 Å². The molecule has 4 bridgehead atoms. The summed E-state index contributed by atoms with van der Waals surface area (Å²) in [5.74, 6) is 0.130. The molecule has 6 atom stereocenters. The molecule has 13 heteroatoms. The highest BCUT2D eigenvalue weighted by Crippen LogP contribution is 2.48. The van der Waals surface area contributed by atoms with Crippen LogP contribution in [0.1, 0.15) is 68.1 Å². The number of rotatable bonds is 3. The van der Waals surface area contributed by atoms with E-state index < -0.39 is 34.0 Å². The molecule has 0 unspecified atom stereocenters. The maximum Gasteiger partial charge on any atom is 0.301 e. The number of aryl methyl sites for hydroxylation is 1. The largest absolute Gasteiger partial charge is 0.490 e. The molecule has 3 N–H and O–H groups in total. The number of benzene rings is 2.